The lowest BCUT2D eigenvalue weighted by atomic mass is 10.0. The van der Waals surface area contributed by atoms with Gasteiger partial charge in [0.25, 0.3) is 0 Å². The number of carbonyl (C=O) groups is 1. The highest BCUT2D eigenvalue weighted by Crippen LogP contribution is 2.24. The molecule has 12 heavy (non-hydrogen) atoms. The molecule has 0 radical (unpaired) electrons. The van der Waals surface area contributed by atoms with Crippen molar-refractivity contribution in [2.45, 2.75) is 12.8 Å². The van der Waals surface area contributed by atoms with E-state index in [0.717, 1.165) is 11.3 Å². The Morgan fingerprint density at radius 1 is 1.33 bits per heavy atom. The SMILES string of the molecule is O=C1CCc2cc([O-])ccc2N1. The second-order valence-corrected chi connectivity index (χ2v) is 2.87. The van der Waals surface area contributed by atoms with Crippen molar-refractivity contribution in [3.05, 3.63) is 23.8 Å². The van der Waals surface area contributed by atoms with Gasteiger partial charge in [0.05, 0.1) is 0 Å². The molecule has 3 nitrogen and oxygen atoms in total. The molecule has 0 bridgehead atoms. The highest BCUT2D eigenvalue weighted by atomic mass is 16.3. The van der Waals surface area contributed by atoms with Crippen molar-refractivity contribution in [1.29, 1.82) is 0 Å². The molecule has 0 saturated carbocycles. The quantitative estimate of drug-likeness (QED) is 0.608. The fourth-order valence-corrected chi connectivity index (χ4v) is 1.36. The van der Waals surface area contributed by atoms with Crippen molar-refractivity contribution < 1.29 is 9.90 Å². The summed E-state index contributed by atoms with van der Waals surface area (Å²) in [4.78, 5) is 10.9. The third-order valence-corrected chi connectivity index (χ3v) is 1.97. The van der Waals surface area contributed by atoms with Crippen LogP contribution in [0.5, 0.6) is 5.75 Å². The van der Waals surface area contributed by atoms with E-state index < -0.39 is 0 Å². The van der Waals surface area contributed by atoms with E-state index in [-0.39, 0.29) is 11.7 Å². The van der Waals surface area contributed by atoms with Crippen molar-refractivity contribution in [1.82, 2.24) is 0 Å². The van der Waals surface area contributed by atoms with Crippen LogP contribution < -0.4 is 10.4 Å². The number of hydrogen-bond donors (Lipinski definition) is 1. The number of carbonyl (C=O) groups excluding carboxylic acids is 1. The standard InChI is InChI=1S/C9H9NO2/c11-7-2-3-8-6(5-7)1-4-9(12)10-8/h2-3,5,11H,1,4H2,(H,10,12)/p-1. The van der Waals surface area contributed by atoms with Crippen molar-refractivity contribution in [2.75, 3.05) is 5.32 Å². The molecule has 1 aliphatic rings. The Morgan fingerprint density at radius 2 is 2.17 bits per heavy atom. The summed E-state index contributed by atoms with van der Waals surface area (Å²) >= 11 is 0. The van der Waals surface area contributed by atoms with Crippen molar-refractivity contribution >= 4 is 11.6 Å². The largest absolute Gasteiger partial charge is 0.872 e. The summed E-state index contributed by atoms with van der Waals surface area (Å²) in [7, 11) is 0. The van der Waals surface area contributed by atoms with Crippen LogP contribution in [0.15, 0.2) is 18.2 Å². The predicted octanol–water partition coefficient (Wildman–Crippen LogP) is 0.645. The van der Waals surface area contributed by atoms with Crippen LogP contribution in [0.3, 0.4) is 0 Å². The van der Waals surface area contributed by atoms with E-state index >= 15 is 0 Å². The van der Waals surface area contributed by atoms with E-state index in [1.807, 2.05) is 0 Å². The van der Waals surface area contributed by atoms with Crippen molar-refractivity contribution in [3.8, 4) is 5.75 Å². The minimum absolute atomic E-state index is 0.00454. The molecule has 1 aromatic carbocycles. The lowest BCUT2D eigenvalue weighted by molar-refractivity contribution is -0.268. The Hall–Kier alpha value is -1.51. The van der Waals surface area contributed by atoms with E-state index in [9.17, 15) is 9.90 Å². The molecule has 2 rings (SSSR count). The van der Waals surface area contributed by atoms with Crippen LogP contribution in [-0.4, -0.2) is 5.91 Å². The molecular formula is C9H8NO2-. The molecular weight excluding hydrogens is 154 g/mol. The van der Waals surface area contributed by atoms with Crippen LogP contribution in [-0.2, 0) is 11.2 Å². The number of hydrogen-bond acceptors (Lipinski definition) is 2. The monoisotopic (exact) mass is 162 g/mol. The molecule has 0 unspecified atom stereocenters. The van der Waals surface area contributed by atoms with Gasteiger partial charge >= 0.3 is 0 Å². The number of benzene rings is 1. The Kier molecular flexibility index (Phi) is 1.50. The van der Waals surface area contributed by atoms with E-state index in [1.54, 1.807) is 12.1 Å². The fraction of sp³-hybridized carbons (Fsp3) is 0.222. The first-order chi connectivity index (χ1) is 5.75. The molecule has 1 aromatic rings. The first-order valence-corrected chi connectivity index (χ1v) is 3.85. The van der Waals surface area contributed by atoms with Crippen LogP contribution in [0.1, 0.15) is 12.0 Å². The highest BCUT2D eigenvalue weighted by molar-refractivity contribution is 5.93. The molecule has 1 N–H and O–H groups in total. The number of nitrogens with one attached hydrogen (secondary N) is 1. The maximum atomic E-state index is 10.9. The van der Waals surface area contributed by atoms with Crippen molar-refractivity contribution in [2.24, 2.45) is 0 Å². The maximum Gasteiger partial charge on any atom is 0.224 e. The van der Waals surface area contributed by atoms with Gasteiger partial charge in [-0.15, -0.1) is 5.75 Å². The van der Waals surface area contributed by atoms with Gasteiger partial charge in [-0.05, 0) is 18.1 Å². The molecule has 0 aliphatic carbocycles. The summed E-state index contributed by atoms with van der Waals surface area (Å²) in [5.74, 6) is 0.0334. The van der Waals surface area contributed by atoms with Crippen molar-refractivity contribution in [3.63, 3.8) is 0 Å². The Balaban J connectivity index is 2.43. The van der Waals surface area contributed by atoms with Gasteiger partial charge in [0.1, 0.15) is 0 Å². The Labute approximate surface area is 70.0 Å². The van der Waals surface area contributed by atoms with Gasteiger partial charge in [0.2, 0.25) is 5.91 Å². The van der Waals surface area contributed by atoms with Gasteiger partial charge in [0.15, 0.2) is 0 Å². The minimum Gasteiger partial charge on any atom is -0.872 e. The smallest absolute Gasteiger partial charge is 0.224 e. The lowest BCUT2D eigenvalue weighted by Gasteiger charge is -2.18. The van der Waals surface area contributed by atoms with Crippen LogP contribution in [0.4, 0.5) is 5.69 Å². The second kappa shape index (κ2) is 2.52. The van der Waals surface area contributed by atoms with Gasteiger partial charge in [-0.3, -0.25) is 4.79 Å². The fourth-order valence-electron chi connectivity index (χ4n) is 1.36. The summed E-state index contributed by atoms with van der Waals surface area (Å²) in [6.45, 7) is 0. The zero-order valence-electron chi connectivity index (χ0n) is 6.46. The van der Waals surface area contributed by atoms with Crippen LogP contribution in [0.2, 0.25) is 0 Å². The number of anilines is 1. The van der Waals surface area contributed by atoms with E-state index in [4.69, 9.17) is 0 Å². The molecule has 1 aliphatic heterocycles. The molecule has 0 atom stereocenters. The summed E-state index contributed by atoms with van der Waals surface area (Å²) in [5.41, 5.74) is 1.73. The van der Waals surface area contributed by atoms with Gasteiger partial charge in [0, 0.05) is 12.1 Å². The van der Waals surface area contributed by atoms with E-state index in [0.29, 0.717) is 12.8 Å². The maximum absolute atomic E-state index is 10.9. The summed E-state index contributed by atoms with van der Waals surface area (Å²) in [5, 5.41) is 13.6. The number of amides is 1. The van der Waals surface area contributed by atoms with Gasteiger partial charge in [-0.1, -0.05) is 12.1 Å². The number of rotatable bonds is 0. The molecule has 62 valence electrons. The first-order valence-electron chi connectivity index (χ1n) is 3.85. The molecule has 0 fully saturated rings. The Bertz CT molecular complexity index is 333. The number of aryl methyl sites for hydroxylation is 1. The summed E-state index contributed by atoms with van der Waals surface area (Å²) < 4.78 is 0. The molecule has 3 heteroatoms. The van der Waals surface area contributed by atoms with Gasteiger partial charge < -0.3 is 10.4 Å². The lowest BCUT2D eigenvalue weighted by Crippen LogP contribution is -2.18. The average Bonchev–Trinajstić information content (AvgIpc) is 2.05. The van der Waals surface area contributed by atoms with Gasteiger partial charge in [-0.25, -0.2) is 0 Å². The predicted molar refractivity (Wildman–Crippen MR) is 42.8 cm³/mol. The summed E-state index contributed by atoms with van der Waals surface area (Å²) in [6.07, 6.45) is 1.16. The highest BCUT2D eigenvalue weighted by Gasteiger charge is 2.12. The first kappa shape index (κ1) is 7.16. The molecule has 0 aromatic heterocycles. The van der Waals surface area contributed by atoms with E-state index in [2.05, 4.69) is 5.32 Å². The normalized spacial score (nSPS) is 15.2. The van der Waals surface area contributed by atoms with Crippen LogP contribution >= 0.6 is 0 Å². The van der Waals surface area contributed by atoms with Crippen LogP contribution in [0, 0.1) is 0 Å². The van der Waals surface area contributed by atoms with Gasteiger partial charge in [-0.2, -0.15) is 0 Å². The third-order valence-electron chi connectivity index (χ3n) is 1.97. The minimum atomic E-state index is 0.00454. The average molecular weight is 162 g/mol. The zero-order valence-corrected chi connectivity index (χ0v) is 6.46. The molecule has 0 spiro atoms. The number of fused-ring (bicyclic) bond motifs is 1. The molecule has 0 saturated heterocycles. The molecule has 1 heterocycles. The zero-order chi connectivity index (χ0) is 8.55. The second-order valence-electron chi connectivity index (χ2n) is 2.87. The molecule has 1 amide bonds. The Morgan fingerprint density at radius 3 is 3.00 bits per heavy atom. The third kappa shape index (κ3) is 1.13. The van der Waals surface area contributed by atoms with Crippen LogP contribution in [0.25, 0.3) is 0 Å². The summed E-state index contributed by atoms with van der Waals surface area (Å²) in [6, 6.07) is 4.70. The van der Waals surface area contributed by atoms with E-state index in [1.165, 1.54) is 6.07 Å². The topological polar surface area (TPSA) is 52.2 Å².